The monoisotopic (exact) mass is 166 g/mol. The van der Waals surface area contributed by atoms with Gasteiger partial charge in [-0.05, 0) is 25.4 Å². The van der Waals surface area contributed by atoms with Gasteiger partial charge in [0.15, 0.2) is 0 Å². The van der Waals surface area contributed by atoms with Gasteiger partial charge in [0.05, 0.1) is 6.54 Å². The first-order valence-corrected chi connectivity index (χ1v) is 4.75. The van der Waals surface area contributed by atoms with E-state index >= 15 is 0 Å². The van der Waals surface area contributed by atoms with Crippen molar-refractivity contribution in [1.29, 1.82) is 0 Å². The zero-order chi connectivity index (χ0) is 8.81. The Bertz CT molecular complexity index is 178. The molecule has 0 aromatic heterocycles. The molecule has 1 unspecified atom stereocenters. The molecule has 1 aliphatic heterocycles. The Morgan fingerprint density at radius 3 is 2.92 bits per heavy atom. The summed E-state index contributed by atoms with van der Waals surface area (Å²) in [5, 5.41) is 0. The Morgan fingerprint density at radius 1 is 1.50 bits per heavy atom. The van der Waals surface area contributed by atoms with Gasteiger partial charge >= 0.3 is 0 Å². The molecule has 68 valence electrons. The lowest BCUT2D eigenvalue weighted by atomic mass is 10.1. The number of nitrogens with two attached hydrogens (primary N) is 1. The van der Waals surface area contributed by atoms with E-state index in [9.17, 15) is 0 Å². The van der Waals surface area contributed by atoms with Crippen LogP contribution in [0.4, 0.5) is 0 Å². The third-order valence-electron chi connectivity index (χ3n) is 2.43. The molecule has 12 heavy (non-hydrogen) atoms. The van der Waals surface area contributed by atoms with Gasteiger partial charge in [-0.15, -0.1) is 5.92 Å². The SMILES string of the molecule is CCN1CCC(CC#CCN)C1. The molecule has 0 bridgehead atoms. The summed E-state index contributed by atoms with van der Waals surface area (Å²) in [5.74, 6) is 6.83. The van der Waals surface area contributed by atoms with E-state index in [1.165, 1.54) is 26.1 Å². The summed E-state index contributed by atoms with van der Waals surface area (Å²) >= 11 is 0. The summed E-state index contributed by atoms with van der Waals surface area (Å²) in [4.78, 5) is 2.48. The maximum Gasteiger partial charge on any atom is 0.0551 e. The highest BCUT2D eigenvalue weighted by atomic mass is 15.1. The zero-order valence-corrected chi connectivity index (χ0v) is 7.84. The molecule has 1 atom stereocenters. The van der Waals surface area contributed by atoms with E-state index in [4.69, 9.17) is 5.73 Å². The molecule has 0 spiro atoms. The predicted octanol–water partition coefficient (Wildman–Crippen LogP) is 0.680. The number of likely N-dealkylation sites (tertiary alicyclic amines) is 1. The number of hydrogen-bond acceptors (Lipinski definition) is 2. The fourth-order valence-electron chi connectivity index (χ4n) is 1.66. The fraction of sp³-hybridized carbons (Fsp3) is 0.800. The molecule has 0 radical (unpaired) electrons. The second-order valence-electron chi connectivity index (χ2n) is 3.31. The van der Waals surface area contributed by atoms with Crippen LogP contribution in [0.3, 0.4) is 0 Å². The molecule has 0 aliphatic carbocycles. The predicted molar refractivity (Wildman–Crippen MR) is 51.7 cm³/mol. The lowest BCUT2D eigenvalue weighted by Crippen LogP contribution is -2.19. The number of hydrogen-bond donors (Lipinski definition) is 1. The van der Waals surface area contributed by atoms with Crippen LogP contribution in [0.1, 0.15) is 19.8 Å². The average molecular weight is 166 g/mol. The lowest BCUT2D eigenvalue weighted by Gasteiger charge is -2.10. The Morgan fingerprint density at radius 2 is 2.33 bits per heavy atom. The molecule has 2 heteroatoms. The van der Waals surface area contributed by atoms with Crippen molar-refractivity contribution >= 4 is 0 Å². The highest BCUT2D eigenvalue weighted by molar-refractivity contribution is 5.01. The van der Waals surface area contributed by atoms with Crippen molar-refractivity contribution in [3.63, 3.8) is 0 Å². The van der Waals surface area contributed by atoms with Crippen molar-refractivity contribution in [2.75, 3.05) is 26.2 Å². The van der Waals surface area contributed by atoms with Crippen molar-refractivity contribution in [3.05, 3.63) is 0 Å². The van der Waals surface area contributed by atoms with Crippen LogP contribution >= 0.6 is 0 Å². The van der Waals surface area contributed by atoms with Crippen LogP contribution < -0.4 is 5.73 Å². The van der Waals surface area contributed by atoms with Crippen molar-refractivity contribution in [2.24, 2.45) is 11.7 Å². The molecule has 1 saturated heterocycles. The van der Waals surface area contributed by atoms with Crippen LogP contribution in [0.5, 0.6) is 0 Å². The molecule has 0 saturated carbocycles. The summed E-state index contributed by atoms with van der Waals surface area (Å²) < 4.78 is 0. The summed E-state index contributed by atoms with van der Waals surface area (Å²) in [7, 11) is 0. The van der Waals surface area contributed by atoms with Gasteiger partial charge in [0.25, 0.3) is 0 Å². The van der Waals surface area contributed by atoms with Crippen LogP contribution in [0, 0.1) is 17.8 Å². The smallest absolute Gasteiger partial charge is 0.0551 e. The van der Waals surface area contributed by atoms with Gasteiger partial charge in [-0.2, -0.15) is 0 Å². The summed E-state index contributed by atoms with van der Waals surface area (Å²) in [6, 6.07) is 0. The van der Waals surface area contributed by atoms with Gasteiger partial charge in [-0.25, -0.2) is 0 Å². The maximum atomic E-state index is 5.28. The molecule has 1 fully saturated rings. The van der Waals surface area contributed by atoms with E-state index in [1.54, 1.807) is 0 Å². The zero-order valence-electron chi connectivity index (χ0n) is 7.84. The molecule has 0 aromatic rings. The van der Waals surface area contributed by atoms with Crippen LogP contribution in [-0.2, 0) is 0 Å². The average Bonchev–Trinajstić information content (AvgIpc) is 2.53. The molecule has 2 nitrogen and oxygen atoms in total. The number of nitrogens with zero attached hydrogens (tertiary/aromatic N) is 1. The Hall–Kier alpha value is -0.520. The maximum absolute atomic E-state index is 5.28. The minimum atomic E-state index is 0.504. The molecule has 0 aromatic carbocycles. The largest absolute Gasteiger partial charge is 0.320 e. The van der Waals surface area contributed by atoms with E-state index in [2.05, 4.69) is 23.7 Å². The van der Waals surface area contributed by atoms with Gasteiger partial charge in [-0.1, -0.05) is 12.8 Å². The van der Waals surface area contributed by atoms with Gasteiger partial charge in [0, 0.05) is 13.0 Å². The minimum Gasteiger partial charge on any atom is -0.320 e. The van der Waals surface area contributed by atoms with Gasteiger partial charge < -0.3 is 10.6 Å². The van der Waals surface area contributed by atoms with Crippen molar-refractivity contribution in [2.45, 2.75) is 19.8 Å². The second-order valence-corrected chi connectivity index (χ2v) is 3.31. The van der Waals surface area contributed by atoms with Crippen LogP contribution in [-0.4, -0.2) is 31.1 Å². The quantitative estimate of drug-likeness (QED) is 0.611. The molecule has 0 amide bonds. The van der Waals surface area contributed by atoms with E-state index in [-0.39, 0.29) is 0 Å². The molecule has 1 heterocycles. The van der Waals surface area contributed by atoms with E-state index in [1.807, 2.05) is 0 Å². The van der Waals surface area contributed by atoms with Crippen LogP contribution in [0.25, 0.3) is 0 Å². The standard InChI is InChI=1S/C10H18N2/c1-2-12-8-6-10(9-12)5-3-4-7-11/h10H,2,5-9,11H2,1H3. The molecular formula is C10H18N2. The minimum absolute atomic E-state index is 0.504. The second kappa shape index (κ2) is 5.18. The summed E-state index contributed by atoms with van der Waals surface area (Å²) in [5.41, 5.74) is 5.28. The molecule has 2 N–H and O–H groups in total. The van der Waals surface area contributed by atoms with E-state index in [0.717, 1.165) is 12.3 Å². The van der Waals surface area contributed by atoms with E-state index in [0.29, 0.717) is 6.54 Å². The van der Waals surface area contributed by atoms with Gasteiger partial charge in [0.1, 0.15) is 0 Å². The fourth-order valence-corrected chi connectivity index (χ4v) is 1.66. The molecule has 1 rings (SSSR count). The molecule has 1 aliphatic rings. The first-order chi connectivity index (χ1) is 5.86. The lowest BCUT2D eigenvalue weighted by molar-refractivity contribution is 0.343. The summed E-state index contributed by atoms with van der Waals surface area (Å²) in [6.45, 7) is 6.39. The normalized spacial score (nSPS) is 23.7. The van der Waals surface area contributed by atoms with E-state index < -0.39 is 0 Å². The first-order valence-electron chi connectivity index (χ1n) is 4.75. The van der Waals surface area contributed by atoms with Crippen LogP contribution in [0.2, 0.25) is 0 Å². The Kier molecular flexibility index (Phi) is 4.13. The summed E-state index contributed by atoms with van der Waals surface area (Å²) in [6.07, 6.45) is 2.35. The molecular weight excluding hydrogens is 148 g/mol. The third-order valence-corrected chi connectivity index (χ3v) is 2.43. The van der Waals surface area contributed by atoms with Crippen molar-refractivity contribution in [1.82, 2.24) is 4.90 Å². The number of rotatable bonds is 2. The highest BCUT2D eigenvalue weighted by Crippen LogP contribution is 2.17. The first kappa shape index (κ1) is 9.57. The van der Waals surface area contributed by atoms with Gasteiger partial charge in [0.2, 0.25) is 0 Å². The van der Waals surface area contributed by atoms with Gasteiger partial charge in [-0.3, -0.25) is 0 Å². The topological polar surface area (TPSA) is 29.3 Å². The van der Waals surface area contributed by atoms with Crippen LogP contribution in [0.15, 0.2) is 0 Å². The Labute approximate surface area is 75.1 Å². The Balaban J connectivity index is 2.19. The highest BCUT2D eigenvalue weighted by Gasteiger charge is 2.19. The van der Waals surface area contributed by atoms with Crippen molar-refractivity contribution < 1.29 is 0 Å². The van der Waals surface area contributed by atoms with Crippen molar-refractivity contribution in [3.8, 4) is 11.8 Å². The third kappa shape index (κ3) is 2.84.